The SMILES string of the molecule is CNC(=O)C(C)NC(=O)NC(C)CCCC(=O)O. The molecule has 0 bridgehead atoms. The zero-order valence-electron chi connectivity index (χ0n) is 10.9. The third-order valence-corrected chi connectivity index (χ3v) is 2.39. The number of likely N-dealkylation sites (N-methyl/N-ethyl adjacent to an activating group) is 1. The summed E-state index contributed by atoms with van der Waals surface area (Å²) in [5, 5.41) is 16.0. The molecule has 0 aliphatic heterocycles. The monoisotopic (exact) mass is 259 g/mol. The van der Waals surface area contributed by atoms with Gasteiger partial charge in [-0.3, -0.25) is 9.59 Å². The number of aliphatic carboxylic acids is 1. The minimum atomic E-state index is -0.847. The first-order chi connectivity index (χ1) is 8.36. The number of amides is 3. The molecule has 0 heterocycles. The summed E-state index contributed by atoms with van der Waals surface area (Å²) in [6.45, 7) is 3.36. The number of urea groups is 1. The van der Waals surface area contributed by atoms with Gasteiger partial charge in [0, 0.05) is 19.5 Å². The second-order valence-electron chi connectivity index (χ2n) is 4.14. The minimum Gasteiger partial charge on any atom is -0.481 e. The van der Waals surface area contributed by atoms with Crippen LogP contribution in [0.25, 0.3) is 0 Å². The molecular formula is C11H21N3O4. The van der Waals surface area contributed by atoms with E-state index in [0.29, 0.717) is 12.8 Å². The molecule has 0 aromatic carbocycles. The lowest BCUT2D eigenvalue weighted by Crippen LogP contribution is -2.49. The molecular weight excluding hydrogens is 238 g/mol. The van der Waals surface area contributed by atoms with Gasteiger partial charge in [0.1, 0.15) is 6.04 Å². The van der Waals surface area contributed by atoms with Crippen LogP contribution in [-0.2, 0) is 9.59 Å². The molecule has 0 aliphatic carbocycles. The Balaban J connectivity index is 3.86. The Kier molecular flexibility index (Phi) is 7.50. The van der Waals surface area contributed by atoms with E-state index in [2.05, 4.69) is 16.0 Å². The van der Waals surface area contributed by atoms with Crippen LogP contribution in [0, 0.1) is 0 Å². The second kappa shape index (κ2) is 8.32. The molecule has 7 heteroatoms. The molecule has 0 aliphatic rings. The van der Waals surface area contributed by atoms with E-state index in [4.69, 9.17) is 5.11 Å². The van der Waals surface area contributed by atoms with Crippen molar-refractivity contribution in [2.75, 3.05) is 7.05 Å². The third kappa shape index (κ3) is 7.48. The lowest BCUT2D eigenvalue weighted by atomic mass is 10.1. The van der Waals surface area contributed by atoms with Crippen LogP contribution >= 0.6 is 0 Å². The van der Waals surface area contributed by atoms with Gasteiger partial charge in [-0.25, -0.2) is 4.79 Å². The number of nitrogens with one attached hydrogen (secondary N) is 3. The fourth-order valence-corrected chi connectivity index (χ4v) is 1.38. The molecule has 7 nitrogen and oxygen atoms in total. The van der Waals surface area contributed by atoms with Crippen molar-refractivity contribution in [3.8, 4) is 0 Å². The lowest BCUT2D eigenvalue weighted by Gasteiger charge is -2.17. The van der Waals surface area contributed by atoms with Gasteiger partial charge in [0.15, 0.2) is 0 Å². The van der Waals surface area contributed by atoms with Crippen LogP contribution in [0.2, 0.25) is 0 Å². The molecule has 2 atom stereocenters. The van der Waals surface area contributed by atoms with E-state index in [-0.39, 0.29) is 18.4 Å². The third-order valence-electron chi connectivity index (χ3n) is 2.39. The van der Waals surface area contributed by atoms with E-state index in [1.807, 2.05) is 0 Å². The van der Waals surface area contributed by atoms with Crippen LogP contribution in [0.3, 0.4) is 0 Å². The number of carbonyl (C=O) groups excluding carboxylic acids is 2. The van der Waals surface area contributed by atoms with E-state index >= 15 is 0 Å². The highest BCUT2D eigenvalue weighted by Gasteiger charge is 2.15. The van der Waals surface area contributed by atoms with E-state index in [9.17, 15) is 14.4 Å². The standard InChI is InChI=1S/C11H21N3O4/c1-7(5-4-6-9(15)16)13-11(18)14-8(2)10(17)12-3/h7-8H,4-6H2,1-3H3,(H,12,17)(H,15,16)(H2,13,14,18). The molecule has 3 amide bonds. The smallest absolute Gasteiger partial charge is 0.315 e. The Morgan fingerprint density at radius 3 is 2.28 bits per heavy atom. The summed E-state index contributed by atoms with van der Waals surface area (Å²) in [4.78, 5) is 32.9. The average molecular weight is 259 g/mol. The Bertz CT molecular complexity index is 307. The first kappa shape index (κ1) is 16.2. The van der Waals surface area contributed by atoms with Crippen LogP contribution in [0.15, 0.2) is 0 Å². The van der Waals surface area contributed by atoms with Crippen molar-refractivity contribution in [2.24, 2.45) is 0 Å². The molecule has 0 spiro atoms. The predicted molar refractivity (Wildman–Crippen MR) is 66.1 cm³/mol. The molecule has 0 rings (SSSR count). The lowest BCUT2D eigenvalue weighted by molar-refractivity contribution is -0.137. The number of carboxylic acids is 1. The van der Waals surface area contributed by atoms with Crippen LogP contribution in [0.5, 0.6) is 0 Å². The summed E-state index contributed by atoms with van der Waals surface area (Å²) in [6, 6.07) is -1.18. The molecule has 4 N–H and O–H groups in total. The maximum absolute atomic E-state index is 11.5. The van der Waals surface area contributed by atoms with E-state index in [1.165, 1.54) is 7.05 Å². The van der Waals surface area contributed by atoms with Crippen LogP contribution in [-0.4, -0.2) is 42.1 Å². The van der Waals surface area contributed by atoms with E-state index in [1.54, 1.807) is 13.8 Å². The highest BCUT2D eigenvalue weighted by atomic mass is 16.4. The molecule has 0 fully saturated rings. The van der Waals surface area contributed by atoms with Crippen molar-refractivity contribution < 1.29 is 19.5 Å². The molecule has 104 valence electrons. The summed E-state index contributed by atoms with van der Waals surface area (Å²) in [5.74, 6) is -1.12. The number of rotatable bonds is 7. The quantitative estimate of drug-likeness (QED) is 0.518. The number of carboxylic acid groups (broad SMARTS) is 1. The normalized spacial score (nSPS) is 13.3. The molecule has 0 saturated carbocycles. The molecule has 18 heavy (non-hydrogen) atoms. The highest BCUT2D eigenvalue weighted by molar-refractivity contribution is 5.86. The summed E-state index contributed by atoms with van der Waals surface area (Å²) < 4.78 is 0. The number of carbonyl (C=O) groups is 3. The number of hydrogen-bond donors (Lipinski definition) is 4. The van der Waals surface area contributed by atoms with Crippen LogP contribution < -0.4 is 16.0 Å². The minimum absolute atomic E-state index is 0.0856. The van der Waals surface area contributed by atoms with Gasteiger partial charge in [-0.2, -0.15) is 0 Å². The molecule has 0 aromatic heterocycles. The van der Waals surface area contributed by atoms with Crippen molar-refractivity contribution in [1.29, 1.82) is 0 Å². The van der Waals surface area contributed by atoms with E-state index < -0.39 is 18.0 Å². The molecule has 2 unspecified atom stereocenters. The van der Waals surface area contributed by atoms with Gasteiger partial charge in [-0.05, 0) is 26.7 Å². The van der Waals surface area contributed by atoms with Gasteiger partial charge in [-0.1, -0.05) is 0 Å². The fraction of sp³-hybridized carbons (Fsp3) is 0.727. The van der Waals surface area contributed by atoms with Gasteiger partial charge in [0.05, 0.1) is 0 Å². The molecule has 0 radical (unpaired) electrons. The Labute approximate surface area is 106 Å². The molecule has 0 saturated heterocycles. The fourth-order valence-electron chi connectivity index (χ4n) is 1.38. The van der Waals surface area contributed by atoms with Crippen LogP contribution in [0.4, 0.5) is 4.79 Å². The zero-order chi connectivity index (χ0) is 14.1. The van der Waals surface area contributed by atoms with Crippen molar-refractivity contribution in [3.05, 3.63) is 0 Å². The second-order valence-corrected chi connectivity index (χ2v) is 4.14. The maximum atomic E-state index is 11.5. The molecule has 0 aromatic rings. The maximum Gasteiger partial charge on any atom is 0.315 e. The highest BCUT2D eigenvalue weighted by Crippen LogP contribution is 2.00. The van der Waals surface area contributed by atoms with Crippen molar-refractivity contribution in [3.63, 3.8) is 0 Å². The van der Waals surface area contributed by atoms with Gasteiger partial charge >= 0.3 is 12.0 Å². The van der Waals surface area contributed by atoms with Crippen molar-refractivity contribution in [2.45, 2.75) is 45.2 Å². The summed E-state index contributed by atoms with van der Waals surface area (Å²) in [6.07, 6.45) is 1.16. The summed E-state index contributed by atoms with van der Waals surface area (Å²) >= 11 is 0. The Morgan fingerprint density at radius 2 is 1.78 bits per heavy atom. The topological polar surface area (TPSA) is 108 Å². The van der Waals surface area contributed by atoms with Gasteiger partial charge in [0.2, 0.25) is 5.91 Å². The van der Waals surface area contributed by atoms with Crippen molar-refractivity contribution >= 4 is 17.9 Å². The van der Waals surface area contributed by atoms with Gasteiger partial charge in [-0.15, -0.1) is 0 Å². The Morgan fingerprint density at radius 1 is 1.17 bits per heavy atom. The largest absolute Gasteiger partial charge is 0.481 e. The summed E-state index contributed by atoms with van der Waals surface area (Å²) in [7, 11) is 1.49. The predicted octanol–water partition coefficient (Wildman–Crippen LogP) is 0.0635. The van der Waals surface area contributed by atoms with Crippen molar-refractivity contribution in [1.82, 2.24) is 16.0 Å². The van der Waals surface area contributed by atoms with Gasteiger partial charge < -0.3 is 21.1 Å². The van der Waals surface area contributed by atoms with Gasteiger partial charge in [0.25, 0.3) is 0 Å². The average Bonchev–Trinajstić information content (AvgIpc) is 2.26. The van der Waals surface area contributed by atoms with Crippen LogP contribution in [0.1, 0.15) is 33.1 Å². The van der Waals surface area contributed by atoms with E-state index in [0.717, 1.165) is 0 Å². The first-order valence-corrected chi connectivity index (χ1v) is 5.87. The first-order valence-electron chi connectivity index (χ1n) is 5.87. The summed E-state index contributed by atoms with van der Waals surface area (Å²) in [5.41, 5.74) is 0. The zero-order valence-corrected chi connectivity index (χ0v) is 10.9. The Hall–Kier alpha value is -1.79. The number of hydrogen-bond acceptors (Lipinski definition) is 3.